The first-order valence-electron chi connectivity index (χ1n) is 8.07. The molecule has 0 fully saturated rings. The molecule has 0 aliphatic rings. The average molecular weight is 329 g/mol. The van der Waals surface area contributed by atoms with Crippen molar-refractivity contribution in [2.75, 3.05) is 0 Å². The Morgan fingerprint density at radius 3 is 2.42 bits per heavy atom. The number of furan rings is 1. The molecule has 1 atom stereocenters. The molecule has 2 rings (SSSR count). The van der Waals surface area contributed by atoms with Crippen LogP contribution < -0.4 is 5.32 Å². The summed E-state index contributed by atoms with van der Waals surface area (Å²) in [4.78, 5) is 23.8. The largest absolute Gasteiger partial charge is 0.478 e. The van der Waals surface area contributed by atoms with Crippen LogP contribution in [0.5, 0.6) is 0 Å². The first-order valence-corrected chi connectivity index (χ1v) is 8.07. The van der Waals surface area contributed by atoms with Crippen molar-refractivity contribution in [2.45, 2.75) is 40.2 Å². The van der Waals surface area contributed by atoms with E-state index in [-0.39, 0.29) is 23.3 Å². The van der Waals surface area contributed by atoms with E-state index in [4.69, 9.17) is 4.42 Å². The summed E-state index contributed by atoms with van der Waals surface area (Å²) in [5.41, 5.74) is 2.18. The fourth-order valence-corrected chi connectivity index (χ4v) is 2.74. The van der Waals surface area contributed by atoms with Crippen molar-refractivity contribution < 1.29 is 19.1 Å². The third-order valence-corrected chi connectivity index (χ3v) is 4.06. The zero-order valence-corrected chi connectivity index (χ0v) is 14.4. The summed E-state index contributed by atoms with van der Waals surface area (Å²) in [6, 6.07) is 9.00. The van der Waals surface area contributed by atoms with Crippen molar-refractivity contribution in [1.29, 1.82) is 0 Å². The molecule has 0 saturated heterocycles. The fourth-order valence-electron chi connectivity index (χ4n) is 2.74. The lowest BCUT2D eigenvalue weighted by molar-refractivity contribution is 0.0694. The Morgan fingerprint density at radius 1 is 1.25 bits per heavy atom. The van der Waals surface area contributed by atoms with Crippen LogP contribution in [-0.2, 0) is 6.42 Å². The molecule has 1 heterocycles. The Balaban J connectivity index is 2.29. The maximum Gasteiger partial charge on any atom is 0.339 e. The van der Waals surface area contributed by atoms with Gasteiger partial charge < -0.3 is 14.8 Å². The van der Waals surface area contributed by atoms with E-state index in [2.05, 4.69) is 5.32 Å². The quantitative estimate of drug-likeness (QED) is 0.840. The van der Waals surface area contributed by atoms with Crippen molar-refractivity contribution in [3.8, 4) is 0 Å². The molecule has 1 aromatic carbocycles. The van der Waals surface area contributed by atoms with Crippen LogP contribution in [0.3, 0.4) is 0 Å². The number of nitrogens with one attached hydrogen (secondary N) is 1. The standard InChI is InChI=1S/C19H23NO4/c1-5-15-14(19(22)23)10-16(24-15)18(21)20-17(11(2)3)13-9-7-6-8-12(13)4/h6-11,17H,5H2,1-4H3,(H,20,21)(H,22,23). The average Bonchev–Trinajstić information content (AvgIpc) is 2.97. The van der Waals surface area contributed by atoms with Crippen molar-refractivity contribution in [1.82, 2.24) is 5.32 Å². The lowest BCUT2D eigenvalue weighted by Gasteiger charge is -2.24. The van der Waals surface area contributed by atoms with Crippen LogP contribution in [0, 0.1) is 12.8 Å². The lowest BCUT2D eigenvalue weighted by Crippen LogP contribution is -2.32. The number of hydrogen-bond donors (Lipinski definition) is 2. The minimum absolute atomic E-state index is 0.0310. The van der Waals surface area contributed by atoms with Crippen LogP contribution in [0.2, 0.25) is 0 Å². The number of benzene rings is 1. The summed E-state index contributed by atoms with van der Waals surface area (Å²) in [6.07, 6.45) is 0.417. The monoisotopic (exact) mass is 329 g/mol. The van der Waals surface area contributed by atoms with Crippen LogP contribution in [0.1, 0.15) is 64.6 Å². The van der Waals surface area contributed by atoms with Crippen LogP contribution >= 0.6 is 0 Å². The molecule has 5 nitrogen and oxygen atoms in total. The van der Waals surface area contributed by atoms with Gasteiger partial charge in [0.05, 0.1) is 6.04 Å². The van der Waals surface area contributed by atoms with E-state index in [0.717, 1.165) is 11.1 Å². The second-order valence-electron chi connectivity index (χ2n) is 6.16. The summed E-state index contributed by atoms with van der Waals surface area (Å²) in [5, 5.41) is 12.2. The molecule has 128 valence electrons. The molecule has 5 heteroatoms. The van der Waals surface area contributed by atoms with Gasteiger partial charge in [-0.1, -0.05) is 45.0 Å². The van der Waals surface area contributed by atoms with Crippen LogP contribution in [-0.4, -0.2) is 17.0 Å². The highest BCUT2D eigenvalue weighted by Gasteiger charge is 2.24. The third kappa shape index (κ3) is 3.67. The van der Waals surface area contributed by atoms with Gasteiger partial charge in [0.1, 0.15) is 11.3 Å². The van der Waals surface area contributed by atoms with E-state index in [9.17, 15) is 14.7 Å². The van der Waals surface area contributed by atoms with Gasteiger partial charge in [-0.2, -0.15) is 0 Å². The molecule has 1 unspecified atom stereocenters. The van der Waals surface area contributed by atoms with Gasteiger partial charge in [-0.15, -0.1) is 0 Å². The second-order valence-corrected chi connectivity index (χ2v) is 6.16. The molecular formula is C19H23NO4. The van der Waals surface area contributed by atoms with Gasteiger partial charge in [0.25, 0.3) is 5.91 Å². The predicted molar refractivity (Wildman–Crippen MR) is 91.3 cm³/mol. The van der Waals surface area contributed by atoms with Crippen molar-refractivity contribution in [3.63, 3.8) is 0 Å². The highest BCUT2D eigenvalue weighted by atomic mass is 16.4. The summed E-state index contributed by atoms with van der Waals surface area (Å²) in [6.45, 7) is 7.85. The number of hydrogen-bond acceptors (Lipinski definition) is 3. The third-order valence-electron chi connectivity index (χ3n) is 4.06. The number of carbonyl (C=O) groups excluding carboxylic acids is 1. The van der Waals surface area contributed by atoms with E-state index in [1.807, 2.05) is 45.0 Å². The Hall–Kier alpha value is -2.56. The number of aryl methyl sites for hydroxylation is 2. The molecule has 2 N–H and O–H groups in total. The number of carboxylic acid groups (broad SMARTS) is 1. The van der Waals surface area contributed by atoms with E-state index in [1.54, 1.807) is 6.92 Å². The van der Waals surface area contributed by atoms with E-state index >= 15 is 0 Å². The Bertz CT molecular complexity index is 746. The summed E-state index contributed by atoms with van der Waals surface area (Å²) in [5.74, 6) is -0.976. The molecule has 0 aliphatic carbocycles. The minimum Gasteiger partial charge on any atom is -0.478 e. The topological polar surface area (TPSA) is 79.5 Å². The molecule has 0 aliphatic heterocycles. The summed E-state index contributed by atoms with van der Waals surface area (Å²) in [7, 11) is 0. The Labute approximate surface area is 141 Å². The maximum atomic E-state index is 12.6. The zero-order valence-electron chi connectivity index (χ0n) is 14.4. The molecule has 2 aromatic rings. The van der Waals surface area contributed by atoms with Crippen LogP contribution in [0.4, 0.5) is 0 Å². The van der Waals surface area contributed by atoms with Gasteiger partial charge in [-0.25, -0.2) is 4.79 Å². The molecule has 24 heavy (non-hydrogen) atoms. The van der Waals surface area contributed by atoms with E-state index < -0.39 is 11.9 Å². The second kappa shape index (κ2) is 7.34. The number of rotatable bonds is 6. The molecule has 1 aromatic heterocycles. The van der Waals surface area contributed by atoms with Gasteiger partial charge in [0, 0.05) is 12.5 Å². The van der Waals surface area contributed by atoms with Gasteiger partial charge in [-0.05, 0) is 24.0 Å². The van der Waals surface area contributed by atoms with E-state index in [0.29, 0.717) is 12.2 Å². The molecular weight excluding hydrogens is 306 g/mol. The molecule has 1 amide bonds. The molecule has 0 saturated carbocycles. The smallest absolute Gasteiger partial charge is 0.339 e. The first-order chi connectivity index (χ1) is 11.3. The highest BCUT2D eigenvalue weighted by molar-refractivity contribution is 5.96. The van der Waals surface area contributed by atoms with Gasteiger partial charge in [0.2, 0.25) is 0 Å². The number of aromatic carboxylic acids is 1. The maximum absolute atomic E-state index is 12.6. The van der Waals surface area contributed by atoms with Gasteiger partial charge >= 0.3 is 5.97 Å². The van der Waals surface area contributed by atoms with Crippen molar-refractivity contribution in [3.05, 3.63) is 58.5 Å². The van der Waals surface area contributed by atoms with Gasteiger partial charge in [-0.3, -0.25) is 4.79 Å². The minimum atomic E-state index is -1.09. The SMILES string of the molecule is CCc1oc(C(=O)NC(c2ccccc2C)C(C)C)cc1C(=O)O. The number of carboxylic acids is 1. The lowest BCUT2D eigenvalue weighted by atomic mass is 9.92. The van der Waals surface area contributed by atoms with Crippen LogP contribution in [0.25, 0.3) is 0 Å². The summed E-state index contributed by atoms with van der Waals surface area (Å²) < 4.78 is 5.44. The van der Waals surface area contributed by atoms with E-state index in [1.165, 1.54) is 6.07 Å². The summed E-state index contributed by atoms with van der Waals surface area (Å²) >= 11 is 0. The first kappa shape index (κ1) is 17.8. The Morgan fingerprint density at radius 2 is 1.92 bits per heavy atom. The Kier molecular flexibility index (Phi) is 5.44. The predicted octanol–water partition coefficient (Wildman–Crippen LogP) is 3.98. The van der Waals surface area contributed by atoms with Crippen molar-refractivity contribution >= 4 is 11.9 Å². The molecule has 0 radical (unpaired) electrons. The number of carbonyl (C=O) groups is 2. The molecule has 0 bridgehead atoms. The normalized spacial score (nSPS) is 12.2. The number of amides is 1. The highest BCUT2D eigenvalue weighted by Crippen LogP contribution is 2.25. The van der Waals surface area contributed by atoms with Crippen molar-refractivity contribution in [2.24, 2.45) is 5.92 Å². The van der Waals surface area contributed by atoms with Gasteiger partial charge in [0.15, 0.2) is 5.76 Å². The van der Waals surface area contributed by atoms with Crippen LogP contribution in [0.15, 0.2) is 34.7 Å². The zero-order chi connectivity index (χ0) is 17.9. The fraction of sp³-hybridized carbons (Fsp3) is 0.368. The molecule has 0 spiro atoms.